The molecule has 1 atom stereocenters. The summed E-state index contributed by atoms with van der Waals surface area (Å²) in [6, 6.07) is 3.96. The average molecular weight is 351 g/mol. The van der Waals surface area contributed by atoms with Crippen LogP contribution in [0.1, 0.15) is 24.1 Å². The molecule has 0 spiro atoms. The number of thiophene rings is 1. The molecule has 0 radical (unpaired) electrons. The molecular formula is C12H15BrO3S2. The lowest BCUT2D eigenvalue weighted by atomic mass is 10.1. The first-order valence-electron chi connectivity index (χ1n) is 5.69. The predicted molar refractivity (Wildman–Crippen MR) is 77.0 cm³/mol. The second-order valence-corrected chi connectivity index (χ2v) is 8.69. The Morgan fingerprint density at radius 3 is 2.78 bits per heavy atom. The van der Waals surface area contributed by atoms with E-state index in [4.69, 9.17) is 0 Å². The van der Waals surface area contributed by atoms with E-state index >= 15 is 0 Å². The topological polar surface area (TPSA) is 43.4 Å². The van der Waals surface area contributed by atoms with Crippen molar-refractivity contribution in [3.63, 3.8) is 0 Å². The van der Waals surface area contributed by atoms with E-state index in [-0.39, 0.29) is 11.4 Å². The Morgan fingerprint density at radius 2 is 2.28 bits per heavy atom. The molecule has 0 bridgehead atoms. The summed E-state index contributed by atoms with van der Waals surface area (Å²) in [7, 11) is 0.500. The molecule has 1 aliphatic carbocycles. The zero-order chi connectivity index (χ0) is 13.2. The van der Waals surface area contributed by atoms with Gasteiger partial charge < -0.3 is 4.74 Å². The third-order valence-corrected chi connectivity index (χ3v) is 6.48. The Morgan fingerprint density at radius 1 is 1.56 bits per heavy atom. The Balaban J connectivity index is 1.86. The second-order valence-electron chi connectivity index (χ2n) is 4.69. The van der Waals surface area contributed by atoms with Crippen LogP contribution in [0.25, 0.3) is 0 Å². The van der Waals surface area contributed by atoms with Crippen LogP contribution in [0.5, 0.6) is 0 Å². The molecule has 6 heteroatoms. The molecule has 1 aromatic heterocycles. The Labute approximate surface area is 122 Å². The molecule has 1 fully saturated rings. The summed E-state index contributed by atoms with van der Waals surface area (Å²) in [5, 5.41) is 0. The molecular weight excluding hydrogens is 336 g/mol. The lowest BCUT2D eigenvalue weighted by molar-refractivity contribution is -0.141. The molecule has 0 aliphatic heterocycles. The monoisotopic (exact) mass is 350 g/mol. The third kappa shape index (κ3) is 3.90. The first-order chi connectivity index (χ1) is 8.53. The largest absolute Gasteiger partial charge is 0.469 e. The van der Waals surface area contributed by atoms with Crippen LogP contribution >= 0.6 is 27.3 Å². The van der Waals surface area contributed by atoms with Crippen LogP contribution in [0, 0.1) is 5.41 Å². The van der Waals surface area contributed by atoms with Gasteiger partial charge in [0.2, 0.25) is 0 Å². The highest BCUT2D eigenvalue weighted by Gasteiger charge is 2.45. The van der Waals surface area contributed by atoms with Crippen molar-refractivity contribution < 1.29 is 13.7 Å². The predicted octanol–water partition coefficient (Wildman–Crippen LogP) is 3.10. The van der Waals surface area contributed by atoms with Gasteiger partial charge in [-0.05, 0) is 46.3 Å². The molecule has 3 nitrogen and oxygen atoms in total. The van der Waals surface area contributed by atoms with Crippen LogP contribution in [0.15, 0.2) is 15.9 Å². The number of carbonyl (C=O) groups is 1. The number of methoxy groups -OCH3 is 1. The van der Waals surface area contributed by atoms with Crippen molar-refractivity contribution >= 4 is 44.0 Å². The summed E-state index contributed by atoms with van der Waals surface area (Å²) in [4.78, 5) is 12.4. The van der Waals surface area contributed by atoms with E-state index in [9.17, 15) is 9.00 Å². The van der Waals surface area contributed by atoms with Crippen molar-refractivity contribution in [2.75, 3.05) is 12.9 Å². The molecule has 0 N–H and O–H groups in total. The minimum Gasteiger partial charge on any atom is -0.469 e. The van der Waals surface area contributed by atoms with Crippen molar-refractivity contribution in [2.45, 2.75) is 25.0 Å². The molecule has 18 heavy (non-hydrogen) atoms. The first-order valence-corrected chi connectivity index (χ1v) is 8.79. The maximum Gasteiger partial charge on any atom is 0.306 e. The van der Waals surface area contributed by atoms with Gasteiger partial charge in [0.05, 0.1) is 23.1 Å². The fraction of sp³-hybridized carbons (Fsp3) is 0.583. The summed E-state index contributed by atoms with van der Waals surface area (Å²) in [6.07, 6.45) is 2.38. The molecule has 0 amide bonds. The van der Waals surface area contributed by atoms with Crippen molar-refractivity contribution in [3.8, 4) is 0 Å². The van der Waals surface area contributed by atoms with Crippen LogP contribution in [-0.4, -0.2) is 23.0 Å². The highest BCUT2D eigenvalue weighted by molar-refractivity contribution is 9.11. The number of halogens is 1. The van der Waals surface area contributed by atoms with Crippen LogP contribution in [0.4, 0.5) is 0 Å². The van der Waals surface area contributed by atoms with Gasteiger partial charge in [0.1, 0.15) is 0 Å². The first kappa shape index (κ1) is 14.2. The van der Waals surface area contributed by atoms with E-state index in [1.165, 1.54) is 7.11 Å². The van der Waals surface area contributed by atoms with E-state index in [1.807, 2.05) is 12.1 Å². The normalized spacial score (nSPS) is 18.3. The number of hydrogen-bond donors (Lipinski definition) is 0. The molecule has 1 heterocycles. The Hall–Kier alpha value is -0.200. The second kappa shape index (κ2) is 5.84. The van der Waals surface area contributed by atoms with Crippen LogP contribution < -0.4 is 0 Å². The molecule has 0 aromatic carbocycles. The number of esters is 1. The van der Waals surface area contributed by atoms with Crippen molar-refractivity contribution in [1.82, 2.24) is 0 Å². The smallest absolute Gasteiger partial charge is 0.306 e. The van der Waals surface area contributed by atoms with Crippen molar-refractivity contribution in [1.29, 1.82) is 0 Å². The molecule has 1 aliphatic rings. The Bertz CT molecular complexity index is 466. The molecule has 1 saturated carbocycles. The maximum absolute atomic E-state index is 12.1. The summed E-state index contributed by atoms with van der Waals surface area (Å²) in [5.74, 6) is 1.000. The molecule has 2 rings (SSSR count). The van der Waals surface area contributed by atoms with E-state index in [2.05, 4.69) is 20.7 Å². The quantitative estimate of drug-likeness (QED) is 0.740. The number of ether oxygens (including phenoxy) is 1. The van der Waals surface area contributed by atoms with Gasteiger partial charge in [0.15, 0.2) is 0 Å². The summed E-state index contributed by atoms with van der Waals surface area (Å²) in [6.45, 7) is 0. The zero-order valence-corrected chi connectivity index (χ0v) is 13.3. The SMILES string of the molecule is COC(=O)CC1(CS(=O)Cc2ccc(Br)s2)CC1. The van der Waals surface area contributed by atoms with E-state index < -0.39 is 10.8 Å². The van der Waals surface area contributed by atoms with Crippen molar-refractivity contribution in [2.24, 2.45) is 5.41 Å². The highest BCUT2D eigenvalue weighted by Crippen LogP contribution is 2.49. The van der Waals surface area contributed by atoms with E-state index in [0.717, 1.165) is 21.5 Å². The van der Waals surface area contributed by atoms with Crippen LogP contribution in [0.3, 0.4) is 0 Å². The fourth-order valence-corrected chi connectivity index (χ4v) is 5.41. The van der Waals surface area contributed by atoms with Gasteiger partial charge in [-0.3, -0.25) is 9.00 Å². The van der Waals surface area contributed by atoms with E-state index in [0.29, 0.717) is 17.9 Å². The zero-order valence-electron chi connectivity index (χ0n) is 10.1. The van der Waals surface area contributed by atoms with Gasteiger partial charge in [-0.1, -0.05) is 0 Å². The molecule has 0 saturated heterocycles. The summed E-state index contributed by atoms with van der Waals surface area (Å²) in [5.41, 5.74) is -0.0492. The molecule has 1 unspecified atom stereocenters. The van der Waals surface area contributed by atoms with Gasteiger partial charge in [-0.2, -0.15) is 0 Å². The molecule has 1 aromatic rings. The minimum absolute atomic E-state index is 0.0492. The standard InChI is InChI=1S/C12H15BrO3S2/c1-16-11(14)6-12(4-5-12)8-18(15)7-9-2-3-10(13)17-9/h2-3H,4-8H2,1H3. The number of rotatable bonds is 6. The van der Waals surface area contributed by atoms with Gasteiger partial charge in [-0.15, -0.1) is 11.3 Å². The van der Waals surface area contributed by atoms with Gasteiger partial charge >= 0.3 is 5.97 Å². The van der Waals surface area contributed by atoms with Gasteiger partial charge in [-0.25, -0.2) is 0 Å². The summed E-state index contributed by atoms with van der Waals surface area (Å²) >= 11 is 5.01. The van der Waals surface area contributed by atoms with Crippen LogP contribution in [-0.2, 0) is 26.1 Å². The van der Waals surface area contributed by atoms with Gasteiger partial charge in [0, 0.05) is 21.4 Å². The minimum atomic E-state index is -0.901. The van der Waals surface area contributed by atoms with Crippen molar-refractivity contribution in [3.05, 3.63) is 20.8 Å². The lowest BCUT2D eigenvalue weighted by Crippen LogP contribution is -2.18. The van der Waals surface area contributed by atoms with Crippen LogP contribution in [0.2, 0.25) is 0 Å². The molecule has 100 valence electrons. The third-order valence-electron chi connectivity index (χ3n) is 3.10. The number of carbonyl (C=O) groups excluding carboxylic acids is 1. The fourth-order valence-electron chi connectivity index (χ4n) is 1.91. The highest BCUT2D eigenvalue weighted by atomic mass is 79.9. The van der Waals surface area contributed by atoms with E-state index in [1.54, 1.807) is 11.3 Å². The number of hydrogen-bond acceptors (Lipinski definition) is 4. The lowest BCUT2D eigenvalue weighted by Gasteiger charge is -2.12. The van der Waals surface area contributed by atoms with Gasteiger partial charge in [0.25, 0.3) is 0 Å². The maximum atomic E-state index is 12.1. The average Bonchev–Trinajstić information content (AvgIpc) is 2.92. The Kier molecular flexibility index (Phi) is 4.61. The summed E-state index contributed by atoms with van der Waals surface area (Å²) < 4.78 is 17.8.